The van der Waals surface area contributed by atoms with Crippen molar-refractivity contribution in [1.82, 2.24) is 9.21 Å². The lowest BCUT2D eigenvalue weighted by atomic mass is 10.2. The second-order valence-corrected chi connectivity index (χ2v) is 7.87. The van der Waals surface area contributed by atoms with E-state index in [4.69, 9.17) is 9.47 Å². The smallest absolute Gasteiger partial charge is 0.237 e. The number of hydrogen-bond acceptors (Lipinski definition) is 5. The average Bonchev–Trinajstić information content (AvgIpc) is 2.57. The Morgan fingerprint density at radius 3 is 2.32 bits per heavy atom. The van der Waals surface area contributed by atoms with Crippen LogP contribution in [0.1, 0.15) is 25.3 Å². The van der Waals surface area contributed by atoms with Gasteiger partial charge in [0.25, 0.3) is 0 Å². The Balaban J connectivity index is 2.93. The number of carbonyl (C=O) groups excluding carboxylic acids is 1. The van der Waals surface area contributed by atoms with E-state index in [2.05, 4.69) is 0 Å². The SMILES string of the molecule is CCCCN(C)C(=O)CN(Cc1ccc(OC)c(OC)c1)S(C)(=O)=O. The van der Waals surface area contributed by atoms with Crippen LogP contribution in [-0.2, 0) is 21.4 Å². The minimum atomic E-state index is -3.53. The molecule has 0 aliphatic carbocycles. The standard InChI is InChI=1S/C17H28N2O5S/c1-6-7-10-18(2)17(20)13-19(25(5,21)22)12-14-8-9-15(23-3)16(11-14)24-4/h8-9,11H,6-7,10,12-13H2,1-5H3. The van der Waals surface area contributed by atoms with Crippen LogP contribution >= 0.6 is 0 Å². The molecule has 0 radical (unpaired) electrons. The summed E-state index contributed by atoms with van der Waals surface area (Å²) in [5, 5.41) is 0. The van der Waals surface area contributed by atoms with Gasteiger partial charge in [-0.15, -0.1) is 0 Å². The lowest BCUT2D eigenvalue weighted by Crippen LogP contribution is -2.41. The van der Waals surface area contributed by atoms with Crippen LogP contribution in [0.4, 0.5) is 0 Å². The number of amides is 1. The van der Waals surface area contributed by atoms with E-state index >= 15 is 0 Å². The monoisotopic (exact) mass is 372 g/mol. The predicted molar refractivity (Wildman–Crippen MR) is 97.3 cm³/mol. The normalized spacial score (nSPS) is 11.4. The molecule has 0 saturated heterocycles. The molecule has 1 amide bonds. The molecule has 0 aromatic heterocycles. The molecular weight excluding hydrogens is 344 g/mol. The zero-order valence-electron chi connectivity index (χ0n) is 15.6. The second kappa shape index (κ2) is 9.62. The maximum Gasteiger partial charge on any atom is 0.237 e. The molecule has 7 nitrogen and oxygen atoms in total. The Morgan fingerprint density at radius 2 is 1.80 bits per heavy atom. The Morgan fingerprint density at radius 1 is 1.16 bits per heavy atom. The van der Waals surface area contributed by atoms with Crippen molar-refractivity contribution in [2.45, 2.75) is 26.3 Å². The van der Waals surface area contributed by atoms with E-state index in [1.165, 1.54) is 18.5 Å². The van der Waals surface area contributed by atoms with Crippen LogP contribution in [-0.4, -0.2) is 64.1 Å². The van der Waals surface area contributed by atoms with E-state index in [-0.39, 0.29) is 19.0 Å². The summed E-state index contributed by atoms with van der Waals surface area (Å²) in [4.78, 5) is 13.9. The summed E-state index contributed by atoms with van der Waals surface area (Å²) >= 11 is 0. The molecule has 8 heteroatoms. The minimum absolute atomic E-state index is 0.0898. The number of hydrogen-bond donors (Lipinski definition) is 0. The molecule has 0 heterocycles. The Hall–Kier alpha value is -1.80. The molecule has 25 heavy (non-hydrogen) atoms. The summed E-state index contributed by atoms with van der Waals surface area (Å²) in [5.41, 5.74) is 0.715. The maximum atomic E-state index is 12.3. The van der Waals surface area contributed by atoms with E-state index in [0.29, 0.717) is 23.6 Å². The van der Waals surface area contributed by atoms with Gasteiger partial charge < -0.3 is 14.4 Å². The van der Waals surface area contributed by atoms with Crippen molar-refractivity contribution in [1.29, 1.82) is 0 Å². The second-order valence-electron chi connectivity index (χ2n) is 5.89. The van der Waals surface area contributed by atoms with Gasteiger partial charge in [-0.2, -0.15) is 4.31 Å². The van der Waals surface area contributed by atoms with E-state index in [9.17, 15) is 13.2 Å². The first-order valence-corrected chi connectivity index (χ1v) is 9.97. The molecule has 1 aromatic rings. The van der Waals surface area contributed by atoms with Crippen molar-refractivity contribution in [2.75, 3.05) is 40.6 Å². The highest BCUT2D eigenvalue weighted by Gasteiger charge is 2.22. The number of sulfonamides is 1. The van der Waals surface area contributed by atoms with Crippen LogP contribution in [0, 0.1) is 0 Å². The van der Waals surface area contributed by atoms with Gasteiger partial charge in [0.05, 0.1) is 27.0 Å². The van der Waals surface area contributed by atoms with Crippen molar-refractivity contribution in [2.24, 2.45) is 0 Å². The van der Waals surface area contributed by atoms with Gasteiger partial charge in [0.1, 0.15) is 0 Å². The first-order chi connectivity index (χ1) is 11.7. The molecular formula is C17H28N2O5S. The third-order valence-corrected chi connectivity index (χ3v) is 5.06. The largest absolute Gasteiger partial charge is 0.493 e. The number of unbranched alkanes of at least 4 members (excludes halogenated alkanes) is 1. The highest BCUT2D eigenvalue weighted by atomic mass is 32.2. The van der Waals surface area contributed by atoms with Crippen molar-refractivity contribution < 1.29 is 22.7 Å². The Bertz CT molecular complexity index is 676. The fourth-order valence-electron chi connectivity index (χ4n) is 2.26. The van der Waals surface area contributed by atoms with Crippen LogP contribution in [0.3, 0.4) is 0 Å². The fourth-order valence-corrected chi connectivity index (χ4v) is 2.99. The van der Waals surface area contributed by atoms with Gasteiger partial charge in [0, 0.05) is 20.1 Å². The number of methoxy groups -OCH3 is 2. The first kappa shape index (κ1) is 21.2. The van der Waals surface area contributed by atoms with Gasteiger partial charge >= 0.3 is 0 Å². The zero-order chi connectivity index (χ0) is 19.0. The van der Waals surface area contributed by atoms with E-state index in [1.54, 1.807) is 30.1 Å². The Kier molecular flexibility index (Phi) is 8.18. The molecule has 0 bridgehead atoms. The molecule has 0 unspecified atom stereocenters. The van der Waals surface area contributed by atoms with Crippen LogP contribution in [0.2, 0.25) is 0 Å². The number of likely N-dealkylation sites (N-methyl/N-ethyl adjacent to an activating group) is 1. The van der Waals surface area contributed by atoms with Crippen molar-refractivity contribution in [3.05, 3.63) is 23.8 Å². The molecule has 0 N–H and O–H groups in total. The Labute approximate surface area is 150 Å². The van der Waals surface area contributed by atoms with E-state index in [0.717, 1.165) is 19.1 Å². The summed E-state index contributed by atoms with van der Waals surface area (Å²) in [6, 6.07) is 5.18. The van der Waals surface area contributed by atoms with Gasteiger partial charge in [0.15, 0.2) is 11.5 Å². The molecule has 1 aromatic carbocycles. The highest BCUT2D eigenvalue weighted by Crippen LogP contribution is 2.28. The lowest BCUT2D eigenvalue weighted by Gasteiger charge is -2.24. The van der Waals surface area contributed by atoms with Gasteiger partial charge in [-0.25, -0.2) is 8.42 Å². The lowest BCUT2D eigenvalue weighted by molar-refractivity contribution is -0.130. The van der Waals surface area contributed by atoms with Crippen LogP contribution in [0.15, 0.2) is 18.2 Å². The van der Waals surface area contributed by atoms with Crippen molar-refractivity contribution in [3.8, 4) is 11.5 Å². The summed E-state index contributed by atoms with van der Waals surface area (Å²) in [6.07, 6.45) is 2.96. The first-order valence-electron chi connectivity index (χ1n) is 8.12. The maximum absolute atomic E-state index is 12.3. The quantitative estimate of drug-likeness (QED) is 0.625. The summed E-state index contributed by atoms with van der Waals surface area (Å²) in [5.74, 6) is 0.853. The van der Waals surface area contributed by atoms with Gasteiger partial charge in [-0.1, -0.05) is 19.4 Å². The van der Waals surface area contributed by atoms with Crippen LogP contribution in [0.25, 0.3) is 0 Å². The van der Waals surface area contributed by atoms with E-state index in [1.807, 2.05) is 6.92 Å². The number of nitrogens with zero attached hydrogens (tertiary/aromatic N) is 2. The number of benzene rings is 1. The van der Waals surface area contributed by atoms with Gasteiger partial charge in [0.2, 0.25) is 15.9 Å². The number of carbonyl (C=O) groups is 1. The molecule has 142 valence electrons. The van der Waals surface area contributed by atoms with Crippen molar-refractivity contribution in [3.63, 3.8) is 0 Å². The van der Waals surface area contributed by atoms with Gasteiger partial charge in [-0.05, 0) is 24.1 Å². The fraction of sp³-hybridized carbons (Fsp3) is 0.588. The summed E-state index contributed by atoms with van der Waals surface area (Å²) < 4.78 is 35.8. The molecule has 0 atom stereocenters. The zero-order valence-corrected chi connectivity index (χ0v) is 16.4. The number of rotatable bonds is 10. The third kappa shape index (κ3) is 6.55. The average molecular weight is 372 g/mol. The molecule has 0 aliphatic heterocycles. The minimum Gasteiger partial charge on any atom is -0.493 e. The molecule has 0 fully saturated rings. The third-order valence-electron chi connectivity index (χ3n) is 3.86. The summed E-state index contributed by atoms with van der Waals surface area (Å²) in [7, 11) is 1.20. The summed E-state index contributed by atoms with van der Waals surface area (Å²) in [6.45, 7) is 2.56. The predicted octanol–water partition coefficient (Wildman–Crippen LogP) is 1.72. The van der Waals surface area contributed by atoms with Gasteiger partial charge in [-0.3, -0.25) is 4.79 Å². The molecule has 0 aliphatic rings. The van der Waals surface area contributed by atoms with Crippen LogP contribution in [0.5, 0.6) is 11.5 Å². The van der Waals surface area contributed by atoms with Crippen LogP contribution < -0.4 is 9.47 Å². The highest BCUT2D eigenvalue weighted by molar-refractivity contribution is 7.88. The number of ether oxygens (including phenoxy) is 2. The van der Waals surface area contributed by atoms with E-state index < -0.39 is 10.0 Å². The van der Waals surface area contributed by atoms with Crippen molar-refractivity contribution >= 4 is 15.9 Å². The molecule has 0 saturated carbocycles. The molecule has 0 spiro atoms. The topological polar surface area (TPSA) is 76.2 Å². The molecule has 1 rings (SSSR count).